The molecule has 3 aromatic rings. The van der Waals surface area contributed by atoms with Crippen LogP contribution in [0.5, 0.6) is 5.75 Å². The molecule has 0 aliphatic carbocycles. The molecule has 0 unspecified atom stereocenters. The lowest BCUT2D eigenvalue weighted by Crippen LogP contribution is -2.26. The number of ether oxygens (including phenoxy) is 2. The van der Waals surface area contributed by atoms with Gasteiger partial charge in [0.05, 0.1) is 17.9 Å². The summed E-state index contributed by atoms with van der Waals surface area (Å²) >= 11 is 1.62. The van der Waals surface area contributed by atoms with Gasteiger partial charge in [-0.1, -0.05) is 42.0 Å². The van der Waals surface area contributed by atoms with Gasteiger partial charge in [-0.15, -0.1) is 11.3 Å². The van der Waals surface area contributed by atoms with Crippen LogP contribution in [-0.4, -0.2) is 37.3 Å². The van der Waals surface area contributed by atoms with E-state index in [4.69, 9.17) is 9.47 Å². The molecule has 2 aromatic carbocycles. The quantitative estimate of drug-likeness (QED) is 0.500. The molecule has 0 radical (unpaired) electrons. The van der Waals surface area contributed by atoms with E-state index in [2.05, 4.69) is 41.5 Å². The lowest BCUT2D eigenvalue weighted by molar-refractivity contribution is 0.0937. The summed E-state index contributed by atoms with van der Waals surface area (Å²) in [5, 5.41) is 6.01. The predicted octanol–water partition coefficient (Wildman–Crippen LogP) is 4.51. The Kier molecular flexibility index (Phi) is 7.78. The number of aryl methyl sites for hydroxylation is 1. The molecule has 6 heteroatoms. The van der Waals surface area contributed by atoms with E-state index in [-0.39, 0.29) is 5.91 Å². The number of amides is 1. The fourth-order valence-electron chi connectivity index (χ4n) is 2.78. The second kappa shape index (κ2) is 10.7. The Labute approximate surface area is 175 Å². The molecule has 0 atom stereocenters. The van der Waals surface area contributed by atoms with Crippen molar-refractivity contribution in [3.8, 4) is 16.3 Å². The van der Waals surface area contributed by atoms with Crippen molar-refractivity contribution in [1.29, 1.82) is 0 Å². The Morgan fingerprint density at radius 3 is 2.69 bits per heavy atom. The zero-order chi connectivity index (χ0) is 20.5. The highest BCUT2D eigenvalue weighted by molar-refractivity contribution is 7.13. The number of carbonyl (C=O) groups is 1. The number of hydrogen-bond acceptors (Lipinski definition) is 5. The number of para-hydroxylation sites is 1. The van der Waals surface area contributed by atoms with Gasteiger partial charge in [-0.2, -0.15) is 0 Å². The summed E-state index contributed by atoms with van der Waals surface area (Å²) < 4.78 is 11.0. The summed E-state index contributed by atoms with van der Waals surface area (Å²) in [6.45, 7) is 6.09. The molecule has 3 rings (SSSR count). The van der Waals surface area contributed by atoms with Crippen LogP contribution >= 0.6 is 11.3 Å². The zero-order valence-electron chi connectivity index (χ0n) is 16.8. The Morgan fingerprint density at radius 2 is 1.90 bits per heavy atom. The van der Waals surface area contributed by atoms with Crippen molar-refractivity contribution in [1.82, 2.24) is 10.3 Å². The fraction of sp³-hybridized carbons (Fsp3) is 0.304. The van der Waals surface area contributed by atoms with E-state index in [0.29, 0.717) is 44.1 Å². The highest BCUT2D eigenvalue weighted by Gasteiger charge is 2.12. The third-order valence-electron chi connectivity index (χ3n) is 4.34. The van der Waals surface area contributed by atoms with Crippen LogP contribution in [0.2, 0.25) is 0 Å². The molecule has 0 saturated heterocycles. The van der Waals surface area contributed by atoms with Crippen molar-refractivity contribution >= 4 is 17.2 Å². The SMILES string of the molecule is CCOCCOc1ccccc1C(=O)NCCc1csc(-c2ccc(C)cc2)n1. The number of benzene rings is 2. The van der Waals surface area contributed by atoms with Crippen LogP contribution in [0.3, 0.4) is 0 Å². The van der Waals surface area contributed by atoms with Gasteiger partial charge in [0.2, 0.25) is 0 Å². The molecular formula is C23H26N2O3S. The molecule has 0 bridgehead atoms. The molecule has 0 aliphatic heterocycles. The van der Waals surface area contributed by atoms with Gasteiger partial charge in [-0.25, -0.2) is 4.98 Å². The monoisotopic (exact) mass is 410 g/mol. The fourth-order valence-corrected chi connectivity index (χ4v) is 3.65. The Morgan fingerprint density at radius 1 is 1.10 bits per heavy atom. The maximum absolute atomic E-state index is 12.6. The molecule has 1 aromatic heterocycles. The van der Waals surface area contributed by atoms with E-state index in [0.717, 1.165) is 16.3 Å². The van der Waals surface area contributed by atoms with Crippen LogP contribution in [0.4, 0.5) is 0 Å². The first-order valence-corrected chi connectivity index (χ1v) is 10.6. The van der Waals surface area contributed by atoms with E-state index < -0.39 is 0 Å². The zero-order valence-corrected chi connectivity index (χ0v) is 17.6. The molecule has 5 nitrogen and oxygen atoms in total. The molecule has 1 heterocycles. The van der Waals surface area contributed by atoms with Gasteiger partial charge in [0.15, 0.2) is 0 Å². The van der Waals surface area contributed by atoms with Crippen molar-refractivity contribution in [3.05, 3.63) is 70.7 Å². The molecular weight excluding hydrogens is 384 g/mol. The topological polar surface area (TPSA) is 60.5 Å². The smallest absolute Gasteiger partial charge is 0.255 e. The number of aromatic nitrogens is 1. The van der Waals surface area contributed by atoms with Crippen LogP contribution in [0.1, 0.15) is 28.5 Å². The van der Waals surface area contributed by atoms with Crippen LogP contribution in [0, 0.1) is 6.92 Å². The van der Waals surface area contributed by atoms with Gasteiger partial charge < -0.3 is 14.8 Å². The summed E-state index contributed by atoms with van der Waals surface area (Å²) in [6.07, 6.45) is 0.682. The number of nitrogens with one attached hydrogen (secondary N) is 1. The van der Waals surface area contributed by atoms with Crippen molar-refractivity contribution in [3.63, 3.8) is 0 Å². The van der Waals surface area contributed by atoms with Gasteiger partial charge >= 0.3 is 0 Å². The molecule has 0 fully saturated rings. The van der Waals surface area contributed by atoms with Crippen molar-refractivity contribution in [2.75, 3.05) is 26.4 Å². The summed E-state index contributed by atoms with van der Waals surface area (Å²) in [6, 6.07) is 15.6. The maximum atomic E-state index is 12.6. The van der Waals surface area contributed by atoms with E-state index in [1.165, 1.54) is 5.56 Å². The van der Waals surface area contributed by atoms with E-state index in [9.17, 15) is 4.79 Å². The third-order valence-corrected chi connectivity index (χ3v) is 5.28. The minimum absolute atomic E-state index is 0.147. The van der Waals surface area contributed by atoms with E-state index >= 15 is 0 Å². The molecule has 0 spiro atoms. The van der Waals surface area contributed by atoms with E-state index in [1.54, 1.807) is 23.5 Å². The van der Waals surface area contributed by atoms with Crippen molar-refractivity contribution in [2.24, 2.45) is 0 Å². The predicted molar refractivity (Wildman–Crippen MR) is 117 cm³/mol. The van der Waals surface area contributed by atoms with Gasteiger partial charge in [0.1, 0.15) is 17.4 Å². The second-order valence-corrected chi connectivity index (χ2v) is 7.42. The Bertz CT molecular complexity index is 922. The molecule has 0 aliphatic rings. The van der Waals surface area contributed by atoms with Crippen LogP contribution in [-0.2, 0) is 11.2 Å². The summed E-state index contributed by atoms with van der Waals surface area (Å²) in [4.78, 5) is 17.2. The molecule has 1 N–H and O–H groups in total. The largest absolute Gasteiger partial charge is 0.490 e. The first kappa shape index (κ1) is 21.0. The lowest BCUT2D eigenvalue weighted by atomic mass is 10.1. The molecule has 29 heavy (non-hydrogen) atoms. The van der Waals surface area contributed by atoms with Gasteiger partial charge in [0, 0.05) is 30.5 Å². The number of thiazole rings is 1. The average molecular weight is 411 g/mol. The van der Waals surface area contributed by atoms with Crippen LogP contribution in [0.15, 0.2) is 53.9 Å². The lowest BCUT2D eigenvalue weighted by Gasteiger charge is -2.11. The standard InChI is InChI=1S/C23H26N2O3S/c1-3-27-14-15-28-21-7-5-4-6-20(21)22(26)24-13-12-19-16-29-23(25-19)18-10-8-17(2)9-11-18/h4-11,16H,3,12-15H2,1-2H3,(H,24,26). The number of rotatable bonds is 10. The van der Waals surface area contributed by atoms with Gasteiger partial charge in [0.25, 0.3) is 5.91 Å². The number of carbonyl (C=O) groups excluding carboxylic acids is 1. The normalized spacial score (nSPS) is 10.7. The first-order valence-electron chi connectivity index (χ1n) is 9.76. The van der Waals surface area contributed by atoms with Crippen molar-refractivity contribution < 1.29 is 14.3 Å². The minimum atomic E-state index is -0.147. The van der Waals surface area contributed by atoms with Crippen LogP contribution in [0.25, 0.3) is 10.6 Å². The third kappa shape index (κ3) is 6.14. The Balaban J connectivity index is 1.52. The highest BCUT2D eigenvalue weighted by atomic mass is 32.1. The molecule has 0 saturated carbocycles. The summed E-state index contributed by atoms with van der Waals surface area (Å²) in [5.41, 5.74) is 3.86. The van der Waals surface area contributed by atoms with Gasteiger partial charge in [-0.05, 0) is 26.0 Å². The summed E-state index contributed by atoms with van der Waals surface area (Å²) in [5.74, 6) is 0.422. The number of hydrogen-bond donors (Lipinski definition) is 1. The molecule has 152 valence electrons. The average Bonchev–Trinajstić information content (AvgIpc) is 3.21. The van der Waals surface area contributed by atoms with Gasteiger partial charge in [-0.3, -0.25) is 4.79 Å². The van der Waals surface area contributed by atoms with E-state index in [1.807, 2.05) is 24.4 Å². The Hall–Kier alpha value is -2.70. The number of nitrogens with zero attached hydrogens (tertiary/aromatic N) is 1. The maximum Gasteiger partial charge on any atom is 0.255 e. The first-order chi connectivity index (χ1) is 14.2. The highest BCUT2D eigenvalue weighted by Crippen LogP contribution is 2.24. The summed E-state index contributed by atoms with van der Waals surface area (Å²) in [7, 11) is 0. The molecule has 1 amide bonds. The second-order valence-electron chi connectivity index (χ2n) is 6.56. The minimum Gasteiger partial charge on any atom is -0.490 e. The van der Waals surface area contributed by atoms with Crippen LogP contribution < -0.4 is 10.1 Å². The van der Waals surface area contributed by atoms with Crippen molar-refractivity contribution in [2.45, 2.75) is 20.3 Å².